The SMILES string of the molecule is CC(C)[Si](C#C/C(C=O)=C(\C#C[Si](C(C)C)(C(C)C)C(C)C)C=C1SC(SCCC#N)=C(SCCC#N)S1)(C(C)C)C(C)C. The van der Waals surface area contributed by atoms with Crippen molar-refractivity contribution in [1.82, 2.24) is 0 Å². The third kappa shape index (κ3) is 10.4. The predicted octanol–water partition coefficient (Wildman–Crippen LogP) is 11.7. The summed E-state index contributed by atoms with van der Waals surface area (Å²) in [5, 5.41) is 18.2. The Labute approximate surface area is 288 Å². The summed E-state index contributed by atoms with van der Waals surface area (Å²) in [6.45, 7) is 27.6. The summed E-state index contributed by atoms with van der Waals surface area (Å²) in [5.41, 5.74) is 11.6. The van der Waals surface area contributed by atoms with Crippen LogP contribution in [0.25, 0.3) is 0 Å². The summed E-state index contributed by atoms with van der Waals surface area (Å²) >= 11 is 6.74. The van der Waals surface area contributed by atoms with E-state index in [0.717, 1.165) is 30.5 Å². The van der Waals surface area contributed by atoms with Crippen molar-refractivity contribution < 1.29 is 4.79 Å². The molecule has 0 atom stereocenters. The van der Waals surface area contributed by atoms with Crippen molar-refractivity contribution in [2.24, 2.45) is 0 Å². The molecule has 1 aliphatic heterocycles. The Kier molecular flexibility index (Phi) is 18.1. The quantitative estimate of drug-likeness (QED) is 0.0587. The van der Waals surface area contributed by atoms with Crippen LogP contribution in [0, 0.1) is 45.6 Å². The molecule has 0 saturated heterocycles. The number of nitrogens with zero attached hydrogens (tertiary/aromatic N) is 2. The molecule has 0 amide bonds. The van der Waals surface area contributed by atoms with Gasteiger partial charge in [0, 0.05) is 29.9 Å². The first kappa shape index (κ1) is 40.8. The van der Waals surface area contributed by atoms with Crippen molar-refractivity contribution in [3.05, 3.63) is 29.9 Å². The molecule has 0 saturated carbocycles. The van der Waals surface area contributed by atoms with Gasteiger partial charge in [0.15, 0.2) is 6.29 Å². The number of hydrogen-bond donors (Lipinski definition) is 0. The minimum absolute atomic E-state index is 0.463. The fraction of sp³-hybridized carbons (Fsp3) is 0.629. The Morgan fingerprint density at radius 3 is 1.30 bits per heavy atom. The number of carbonyl (C=O) groups is 1. The smallest absolute Gasteiger partial charge is 0.159 e. The van der Waals surface area contributed by atoms with Crippen LogP contribution >= 0.6 is 47.0 Å². The number of aldehydes is 1. The molecule has 1 heterocycles. The second kappa shape index (κ2) is 19.5. The van der Waals surface area contributed by atoms with Gasteiger partial charge in [-0.15, -0.1) is 34.6 Å². The lowest BCUT2D eigenvalue weighted by Crippen LogP contribution is -2.43. The molecular weight excluding hydrogens is 649 g/mol. The van der Waals surface area contributed by atoms with Gasteiger partial charge in [-0.1, -0.05) is 118 Å². The lowest BCUT2D eigenvalue weighted by Gasteiger charge is -2.38. The van der Waals surface area contributed by atoms with Gasteiger partial charge in [0.2, 0.25) is 0 Å². The highest BCUT2D eigenvalue weighted by molar-refractivity contribution is 8.40. The van der Waals surface area contributed by atoms with Crippen LogP contribution in [0.1, 0.15) is 95.9 Å². The Bertz CT molecular complexity index is 1230. The molecule has 0 spiro atoms. The second-order valence-electron chi connectivity index (χ2n) is 13.0. The highest BCUT2D eigenvalue weighted by Crippen LogP contribution is 2.57. The summed E-state index contributed by atoms with van der Waals surface area (Å²) in [7, 11) is -4.12. The first-order valence-electron chi connectivity index (χ1n) is 15.7. The predicted molar refractivity (Wildman–Crippen MR) is 206 cm³/mol. The molecule has 0 aromatic carbocycles. The summed E-state index contributed by atoms with van der Waals surface area (Å²) in [6.07, 6.45) is 3.96. The Hall–Kier alpha value is -1.18. The van der Waals surface area contributed by atoms with Crippen LogP contribution in [0.5, 0.6) is 0 Å². The summed E-state index contributed by atoms with van der Waals surface area (Å²) < 4.78 is 3.37. The highest BCUT2D eigenvalue weighted by Gasteiger charge is 2.43. The summed E-state index contributed by atoms with van der Waals surface area (Å²) in [6, 6.07) is 4.47. The maximum atomic E-state index is 12.8. The minimum Gasteiger partial charge on any atom is -0.297 e. The van der Waals surface area contributed by atoms with Gasteiger partial charge >= 0.3 is 0 Å². The second-order valence-corrected chi connectivity index (χ2v) is 29.2. The third-order valence-electron chi connectivity index (χ3n) is 8.68. The fourth-order valence-corrected chi connectivity index (χ4v) is 22.6. The van der Waals surface area contributed by atoms with Crippen LogP contribution in [0.4, 0.5) is 0 Å². The standard InChI is InChI=1S/C35H52N2OS4Si2/c1-25(2)43(26(3)4,27(5)6)21-15-31(32(24-38)16-22-44(28(7)8,29(9)10)30(11)12)23-33-41-34(39-19-13-17-36)35(42-33)40-20-14-18-37/h23-30H,13-14,19-20H2,1-12H3/b32-31-. The molecule has 44 heavy (non-hydrogen) atoms. The molecule has 0 bridgehead atoms. The van der Waals surface area contributed by atoms with Crippen LogP contribution in [0.3, 0.4) is 0 Å². The molecule has 0 aliphatic carbocycles. The van der Waals surface area contributed by atoms with Crippen molar-refractivity contribution in [3.8, 4) is 35.1 Å². The molecule has 1 aliphatic rings. The number of thioether (sulfide) groups is 4. The molecule has 0 fully saturated rings. The van der Waals surface area contributed by atoms with Crippen LogP contribution < -0.4 is 0 Å². The highest BCUT2D eigenvalue weighted by atomic mass is 32.3. The molecule has 9 heteroatoms. The Morgan fingerprint density at radius 2 is 1.00 bits per heavy atom. The van der Waals surface area contributed by atoms with E-state index in [2.05, 4.69) is 124 Å². The van der Waals surface area contributed by atoms with Crippen molar-refractivity contribution in [2.45, 2.75) is 129 Å². The molecule has 0 aromatic rings. The lowest BCUT2D eigenvalue weighted by atomic mass is 10.1. The van der Waals surface area contributed by atoms with E-state index in [9.17, 15) is 4.79 Å². The molecule has 0 N–H and O–H groups in total. The molecule has 240 valence electrons. The van der Waals surface area contributed by atoms with Crippen LogP contribution in [0.2, 0.25) is 33.2 Å². The van der Waals surface area contributed by atoms with Gasteiger partial charge < -0.3 is 0 Å². The normalized spacial score (nSPS) is 14.5. The van der Waals surface area contributed by atoms with E-state index in [1.54, 1.807) is 47.0 Å². The maximum absolute atomic E-state index is 12.8. The van der Waals surface area contributed by atoms with E-state index < -0.39 is 16.1 Å². The first-order chi connectivity index (χ1) is 20.6. The lowest BCUT2D eigenvalue weighted by molar-refractivity contribution is -0.104. The fourth-order valence-electron chi connectivity index (χ4n) is 6.58. The maximum Gasteiger partial charge on any atom is 0.159 e. The van der Waals surface area contributed by atoms with E-state index in [1.807, 2.05) is 0 Å². The zero-order valence-corrected chi connectivity index (χ0v) is 34.1. The monoisotopic (exact) mass is 700 g/mol. The zero-order valence-electron chi connectivity index (χ0n) is 28.9. The Balaban J connectivity index is 3.97. The Morgan fingerprint density at radius 1 is 0.659 bits per heavy atom. The number of carbonyl (C=O) groups excluding carboxylic acids is 1. The van der Waals surface area contributed by atoms with Gasteiger partial charge in [0.05, 0.1) is 30.4 Å². The number of hydrogen-bond acceptors (Lipinski definition) is 7. The van der Waals surface area contributed by atoms with Crippen LogP contribution in [-0.2, 0) is 4.79 Å². The van der Waals surface area contributed by atoms with Crippen molar-refractivity contribution >= 4 is 69.5 Å². The van der Waals surface area contributed by atoms with E-state index in [-0.39, 0.29) is 0 Å². The van der Waals surface area contributed by atoms with E-state index in [1.165, 1.54) is 0 Å². The van der Waals surface area contributed by atoms with Crippen LogP contribution in [-0.4, -0.2) is 33.9 Å². The molecule has 3 nitrogen and oxygen atoms in total. The van der Waals surface area contributed by atoms with E-state index in [4.69, 9.17) is 10.5 Å². The van der Waals surface area contributed by atoms with Crippen molar-refractivity contribution in [3.63, 3.8) is 0 Å². The average molecular weight is 701 g/mol. The molecular formula is C35H52N2OS4Si2. The summed E-state index contributed by atoms with van der Waals surface area (Å²) in [4.78, 5) is 12.8. The topological polar surface area (TPSA) is 64.7 Å². The average Bonchev–Trinajstić information content (AvgIpc) is 3.31. The van der Waals surface area contributed by atoms with Gasteiger partial charge in [-0.05, 0) is 39.3 Å². The summed E-state index contributed by atoms with van der Waals surface area (Å²) in [5.74, 6) is 8.47. The van der Waals surface area contributed by atoms with Gasteiger partial charge in [0.1, 0.15) is 16.1 Å². The zero-order chi connectivity index (χ0) is 33.7. The van der Waals surface area contributed by atoms with Crippen molar-refractivity contribution in [1.29, 1.82) is 10.5 Å². The first-order valence-corrected chi connectivity index (χ1v) is 23.8. The van der Waals surface area contributed by atoms with E-state index in [0.29, 0.717) is 57.2 Å². The number of nitriles is 2. The number of allylic oxidation sites excluding steroid dienone is 3. The number of rotatable bonds is 14. The molecule has 0 unspecified atom stereocenters. The molecule has 1 rings (SSSR count). The largest absolute Gasteiger partial charge is 0.297 e. The van der Waals surface area contributed by atoms with Gasteiger partial charge in [0.25, 0.3) is 0 Å². The van der Waals surface area contributed by atoms with E-state index >= 15 is 0 Å². The van der Waals surface area contributed by atoms with Crippen molar-refractivity contribution in [2.75, 3.05) is 11.5 Å². The molecule has 0 radical (unpaired) electrons. The minimum atomic E-state index is -2.06. The van der Waals surface area contributed by atoms with Gasteiger partial charge in [-0.3, -0.25) is 4.79 Å². The van der Waals surface area contributed by atoms with Gasteiger partial charge in [-0.25, -0.2) is 0 Å². The van der Waals surface area contributed by atoms with Gasteiger partial charge in [-0.2, -0.15) is 10.5 Å². The van der Waals surface area contributed by atoms with Crippen LogP contribution in [0.15, 0.2) is 29.9 Å². The third-order valence-corrected chi connectivity index (χ3v) is 26.6. The molecule has 0 aromatic heterocycles.